The van der Waals surface area contributed by atoms with Gasteiger partial charge < -0.3 is 97.7 Å². The molecule has 28 nitrogen and oxygen atoms in total. The van der Waals surface area contributed by atoms with E-state index in [1.54, 1.807) is 48.5 Å². The minimum atomic E-state index is -1.38. The number of esters is 8. The van der Waals surface area contributed by atoms with Crippen molar-refractivity contribution in [1.29, 1.82) is 0 Å². The molecule has 0 heterocycles. The molecule has 8 aromatic rings. The fourth-order valence-electron chi connectivity index (χ4n) is 29.1. The van der Waals surface area contributed by atoms with Crippen LogP contribution in [-0.2, 0) is 76.3 Å². The Bertz CT molecular complexity index is 5480. The molecule has 0 spiro atoms. The van der Waals surface area contributed by atoms with Crippen LogP contribution in [-0.4, -0.2) is 164 Å². The molecule has 16 aliphatic carbocycles. The number of hydrogen-bond acceptors (Lipinski definition) is 28. The summed E-state index contributed by atoms with van der Waals surface area (Å²) in [5, 5.41) is 103. The van der Waals surface area contributed by atoms with Gasteiger partial charge in [-0.25, -0.2) is 38.4 Å². The summed E-state index contributed by atoms with van der Waals surface area (Å²) in [5.41, 5.74) is -1.72. The van der Waals surface area contributed by atoms with Gasteiger partial charge in [-0.2, -0.15) is 0 Å². The van der Waals surface area contributed by atoms with Gasteiger partial charge in [-0.3, -0.25) is 0 Å². The highest BCUT2D eigenvalue weighted by Crippen LogP contribution is 2.65. The Morgan fingerprint density at radius 3 is 0.709 bits per heavy atom. The normalized spacial score (nSPS) is 31.5. The summed E-state index contributed by atoms with van der Waals surface area (Å²) in [6, 6.07) is 34.9. The van der Waals surface area contributed by atoms with Crippen LogP contribution in [0.25, 0.3) is 0 Å². The zero-order valence-electron chi connectivity index (χ0n) is 79.7. The highest BCUT2D eigenvalue weighted by molar-refractivity contribution is 5.81. The lowest BCUT2D eigenvalue weighted by Crippen LogP contribution is -2.58. The number of carbonyl (C=O) groups excluding carboxylic acids is 8. The number of fused-ring (bicyclic) bond motifs is 10. The van der Waals surface area contributed by atoms with E-state index in [0.29, 0.717) is 75.5 Å². The molecule has 7 unspecified atom stereocenters. The zero-order valence-corrected chi connectivity index (χ0v) is 79.7. The van der Waals surface area contributed by atoms with Crippen LogP contribution in [0.2, 0.25) is 0 Å². The molecular formula is C113H122O28. The summed E-state index contributed by atoms with van der Waals surface area (Å²) < 4.78 is 70.5. The van der Waals surface area contributed by atoms with Crippen LogP contribution in [0.1, 0.15) is 253 Å². The second-order valence-corrected chi connectivity index (χ2v) is 43.9. The Balaban J connectivity index is 0.617. The largest absolute Gasteiger partial charge is 0.507 e. The van der Waals surface area contributed by atoms with E-state index in [2.05, 4.69) is 0 Å². The Morgan fingerprint density at radius 1 is 0.241 bits per heavy atom. The number of rotatable bonds is 28. The fourth-order valence-corrected chi connectivity index (χ4v) is 29.1. The number of hydrogen-bond donors (Lipinski definition) is 8. The topological polar surface area (TPSA) is 409 Å². The lowest BCUT2D eigenvalue weighted by Gasteiger charge is -2.59. The second-order valence-electron chi connectivity index (χ2n) is 43.9. The predicted octanol–water partition coefficient (Wildman–Crippen LogP) is 17.5. The third-order valence-corrected chi connectivity index (χ3v) is 35.5. The van der Waals surface area contributed by atoms with E-state index in [9.17, 15) is 79.2 Å². The summed E-state index contributed by atoms with van der Waals surface area (Å²) >= 11 is 0. The molecule has 24 rings (SSSR count). The first-order valence-corrected chi connectivity index (χ1v) is 50.3. The quantitative estimate of drug-likeness (QED) is 0.0167. The van der Waals surface area contributed by atoms with Crippen LogP contribution in [0.5, 0.6) is 69.0 Å². The monoisotopic (exact) mass is 1930 g/mol. The molecule has 7 atom stereocenters. The molecule has 16 aliphatic rings. The molecule has 0 aliphatic heterocycles. The van der Waals surface area contributed by atoms with Crippen LogP contribution in [0.3, 0.4) is 0 Å². The summed E-state index contributed by atoms with van der Waals surface area (Å²) in [7, 11) is 0. The summed E-state index contributed by atoms with van der Waals surface area (Å²) in [6.45, 7) is 2.86. The predicted molar refractivity (Wildman–Crippen MR) is 505 cm³/mol. The van der Waals surface area contributed by atoms with E-state index in [1.165, 1.54) is 105 Å². The molecule has 23 bridgehead atoms. The van der Waals surface area contributed by atoms with Gasteiger partial charge in [-0.05, 0) is 346 Å². The second kappa shape index (κ2) is 37.5. The van der Waals surface area contributed by atoms with Crippen LogP contribution < -0.4 is 18.9 Å². The molecule has 15 saturated carbocycles. The third kappa shape index (κ3) is 18.6. The Morgan fingerprint density at radius 2 is 0.468 bits per heavy atom. The van der Waals surface area contributed by atoms with E-state index < -0.39 is 193 Å². The summed E-state index contributed by atoms with van der Waals surface area (Å²) in [4.78, 5) is 108. The molecule has 0 amide bonds. The molecule has 0 radical (unpaired) electrons. The maximum Gasteiger partial charge on any atom is 0.344 e. The SMILES string of the molecule is CC1(OC(=O)COC(=O)COc2ccc(C3c4cc(c(O)cc4O)C(c4ccc(OCC(=O)OCC(=O)OC5(C)C6CC7CC(C6)CC5C7)cc4)c4cc(c(O)cc4O)C(c4ccc(OCC(=O)OCC(=O)OC5(C)C6CC7CC(C6)CC5C7)cc4)c4cc(c(O)cc4O)C(c4ccc(OCC(=O)OCC(=O)OC5(C)C6CC7CC(C6)CC5C7)cc4)c4cc3c(O)cc4O)cc2)CC2CCC3CC2CC1C3. The smallest absolute Gasteiger partial charge is 0.344 e. The number of benzene rings is 8. The lowest BCUT2D eigenvalue weighted by atomic mass is 9.50. The average molecular weight is 1930 g/mol. The minimum absolute atomic E-state index is 0.0278. The number of ether oxygens (including phenoxy) is 12. The van der Waals surface area contributed by atoms with E-state index in [1.807, 2.05) is 27.7 Å². The summed E-state index contributed by atoms with van der Waals surface area (Å²) in [6.07, 6.45) is 21.8. The van der Waals surface area contributed by atoms with Crippen LogP contribution in [0.4, 0.5) is 0 Å². The number of aromatic hydroxyl groups is 8. The number of phenolic OH excluding ortho intramolecular Hbond substituents is 8. The van der Waals surface area contributed by atoms with Crippen molar-refractivity contribution in [2.24, 2.45) is 94.7 Å². The van der Waals surface area contributed by atoms with Crippen molar-refractivity contribution in [3.8, 4) is 69.0 Å². The van der Waals surface area contributed by atoms with Gasteiger partial charge in [0.1, 0.15) is 91.4 Å². The van der Waals surface area contributed by atoms with Crippen molar-refractivity contribution in [1.82, 2.24) is 0 Å². The highest BCUT2D eigenvalue weighted by Gasteiger charge is 2.61. The molecule has 0 aromatic heterocycles. The van der Waals surface area contributed by atoms with Crippen molar-refractivity contribution in [2.45, 2.75) is 209 Å². The minimum Gasteiger partial charge on any atom is -0.507 e. The molecule has 0 saturated heterocycles. The Kier molecular flexibility index (Phi) is 25.1. The maximum absolute atomic E-state index is 13.5. The van der Waals surface area contributed by atoms with Crippen molar-refractivity contribution >= 4 is 47.8 Å². The van der Waals surface area contributed by atoms with E-state index in [4.69, 9.17) is 56.8 Å². The average Bonchev–Trinajstić information content (AvgIpc) is 0.726. The molecule has 8 N–H and O–H groups in total. The van der Waals surface area contributed by atoms with E-state index in [-0.39, 0.29) is 109 Å². The zero-order chi connectivity index (χ0) is 98.0. The van der Waals surface area contributed by atoms with Gasteiger partial charge >= 0.3 is 47.8 Å². The van der Waals surface area contributed by atoms with Gasteiger partial charge in [0.15, 0.2) is 52.9 Å². The van der Waals surface area contributed by atoms with Gasteiger partial charge in [-0.15, -0.1) is 0 Å². The first kappa shape index (κ1) is 94.4. The van der Waals surface area contributed by atoms with Gasteiger partial charge in [0.05, 0.1) is 0 Å². The van der Waals surface area contributed by atoms with Gasteiger partial charge in [-0.1, -0.05) is 55.0 Å². The van der Waals surface area contributed by atoms with E-state index >= 15 is 0 Å². The molecular weight excluding hydrogens is 1810 g/mol. The van der Waals surface area contributed by atoms with Crippen LogP contribution in [0, 0.1) is 94.7 Å². The maximum atomic E-state index is 13.5. The van der Waals surface area contributed by atoms with E-state index in [0.717, 1.165) is 127 Å². The number of phenols is 8. The fraction of sp³-hybridized carbons (Fsp3) is 0.504. The Hall–Kier alpha value is -12.9. The first-order chi connectivity index (χ1) is 67.7. The van der Waals surface area contributed by atoms with Crippen molar-refractivity contribution in [3.05, 3.63) is 212 Å². The molecule has 8 aromatic carbocycles. The van der Waals surface area contributed by atoms with Gasteiger partial charge in [0.2, 0.25) is 0 Å². The molecule has 28 heteroatoms. The van der Waals surface area contributed by atoms with Crippen molar-refractivity contribution < 1.29 is 136 Å². The van der Waals surface area contributed by atoms with Gasteiger partial charge in [0.25, 0.3) is 0 Å². The molecule has 742 valence electrons. The lowest BCUT2D eigenvalue weighted by molar-refractivity contribution is -0.207. The van der Waals surface area contributed by atoms with Gasteiger partial charge in [0, 0.05) is 92.4 Å². The van der Waals surface area contributed by atoms with Crippen molar-refractivity contribution in [3.63, 3.8) is 0 Å². The molecule has 141 heavy (non-hydrogen) atoms. The van der Waals surface area contributed by atoms with Crippen LogP contribution in [0.15, 0.2) is 146 Å². The third-order valence-electron chi connectivity index (χ3n) is 35.5. The summed E-state index contributed by atoms with van der Waals surface area (Å²) in [5.74, 6) is -8.46. The van der Waals surface area contributed by atoms with Crippen molar-refractivity contribution in [2.75, 3.05) is 52.9 Å². The Labute approximate surface area is 816 Å². The highest BCUT2D eigenvalue weighted by atomic mass is 16.6. The first-order valence-electron chi connectivity index (χ1n) is 50.3. The standard InChI is InChI=1S/C113H122O28/c1-110(49-69-6-5-58-26-70(69)40-71(110)27-58)138-102(126)54-134-98(122)50-130-78-15-7-65(8-16-78)106-82-41-84(92(116)45-90(82)114)107(66-9-17-79(18-10-66)131-51-99(123)135-55-103(127)139-111(2)72-28-59-23-60(30-72)31-73(111)29-59)86-43-88(96(120)47-94(86)118)109(68-13-21-81(22-14-68)133-53-101(125)137-57-105(129)141-113(4)76-36-63-25-64(38-76)39-77(113)37-63)89-44-87(95(119)48-97(89)121)108(85-42-83(106)91(115)46-93(85)117)67-11-19-80(20-12-67)132-52-100(124)136-56-104(128)140-112(3)74-32-61-24-62(34-74)35-75(112)33-61/h7-22,41-48,58-64,69-77,106-109,114-121H,5-6,23-40,49-57H2,1-4H3. The molecule has 15 fully saturated rings. The number of carbonyl (C=O) groups is 8. The van der Waals surface area contributed by atoms with Crippen LogP contribution >= 0.6 is 0 Å².